The van der Waals surface area contributed by atoms with Gasteiger partial charge in [0.1, 0.15) is 5.75 Å². The van der Waals surface area contributed by atoms with E-state index in [0.717, 1.165) is 16.2 Å². The number of nitrogens with one attached hydrogen (secondary N) is 1. The smallest absolute Gasteiger partial charge is 0.343 e. The van der Waals surface area contributed by atoms with Crippen molar-refractivity contribution in [1.29, 1.82) is 0 Å². The molecule has 0 bridgehead atoms. The maximum Gasteiger partial charge on any atom is 0.343 e. The molecule has 0 saturated heterocycles. The Morgan fingerprint density at radius 3 is 2.25 bits per heavy atom. The summed E-state index contributed by atoms with van der Waals surface area (Å²) in [7, 11) is 0. The number of thioether (sulfide) groups is 1. The fraction of sp³-hybridized carbons (Fsp3) is 0.158. The van der Waals surface area contributed by atoms with E-state index in [9.17, 15) is 4.79 Å². The lowest BCUT2D eigenvalue weighted by atomic mass is 10.1. The van der Waals surface area contributed by atoms with E-state index in [2.05, 4.69) is 9.97 Å². The normalized spacial score (nSPS) is 9.79. The molecule has 0 atom stereocenters. The van der Waals surface area contributed by atoms with E-state index >= 15 is 0 Å². The first-order valence-corrected chi connectivity index (χ1v) is 8.94. The number of aromatic amines is 1. The van der Waals surface area contributed by atoms with Crippen LogP contribution in [0.15, 0.2) is 66.0 Å². The molecular formula is C19H20N2O2S. The second kappa shape index (κ2) is 8.93. The Kier molecular flexibility index (Phi) is 6.63. The van der Waals surface area contributed by atoms with E-state index in [1.165, 1.54) is 0 Å². The fourth-order valence-corrected chi connectivity index (χ4v) is 2.42. The highest BCUT2D eigenvalue weighted by Gasteiger charge is 2.09. The Morgan fingerprint density at radius 1 is 1.04 bits per heavy atom. The lowest BCUT2D eigenvalue weighted by molar-refractivity contribution is 0.0734. The van der Waals surface area contributed by atoms with Crippen LogP contribution < -0.4 is 4.74 Å². The summed E-state index contributed by atoms with van der Waals surface area (Å²) < 4.78 is 5.37. The number of ether oxygens (including phenoxy) is 1. The molecule has 0 saturated carbocycles. The molecule has 0 aliphatic carbocycles. The van der Waals surface area contributed by atoms with Crippen LogP contribution >= 0.6 is 11.8 Å². The van der Waals surface area contributed by atoms with E-state index < -0.39 is 0 Å². The average Bonchev–Trinajstić information content (AvgIpc) is 3.19. The summed E-state index contributed by atoms with van der Waals surface area (Å²) in [5.74, 6) is 0.157. The van der Waals surface area contributed by atoms with Crippen LogP contribution in [0.5, 0.6) is 5.75 Å². The fourth-order valence-electron chi connectivity index (χ4n) is 2.01. The zero-order chi connectivity index (χ0) is 17.4. The van der Waals surface area contributed by atoms with Crippen molar-refractivity contribution in [2.75, 3.05) is 6.26 Å². The minimum atomic E-state index is -0.359. The zero-order valence-corrected chi connectivity index (χ0v) is 14.8. The van der Waals surface area contributed by atoms with Crippen LogP contribution in [0, 0.1) is 0 Å². The molecule has 0 amide bonds. The summed E-state index contributed by atoms with van der Waals surface area (Å²) in [5.41, 5.74) is 2.45. The Morgan fingerprint density at radius 2 is 1.71 bits per heavy atom. The molecule has 0 aliphatic rings. The molecule has 1 heterocycles. The van der Waals surface area contributed by atoms with Gasteiger partial charge in [0, 0.05) is 4.90 Å². The highest BCUT2D eigenvalue weighted by Crippen LogP contribution is 2.21. The lowest BCUT2D eigenvalue weighted by Gasteiger charge is -2.06. The van der Waals surface area contributed by atoms with Crippen molar-refractivity contribution in [3.63, 3.8) is 0 Å². The third kappa shape index (κ3) is 4.49. The van der Waals surface area contributed by atoms with Crippen LogP contribution in [0.4, 0.5) is 0 Å². The van der Waals surface area contributed by atoms with Gasteiger partial charge in [0.15, 0.2) is 0 Å². The summed E-state index contributed by atoms with van der Waals surface area (Å²) in [5, 5.41) is 0. The number of hydrogen-bond donors (Lipinski definition) is 1. The Hall–Kier alpha value is -2.53. The van der Waals surface area contributed by atoms with E-state index in [1.54, 1.807) is 48.6 Å². The number of benzene rings is 2. The largest absolute Gasteiger partial charge is 0.423 e. The molecule has 3 aromatic rings. The van der Waals surface area contributed by atoms with E-state index in [0.29, 0.717) is 11.3 Å². The molecule has 2 aromatic carbocycles. The Labute approximate surface area is 146 Å². The predicted octanol–water partition coefficient (Wildman–Crippen LogP) is 5.04. The standard InChI is InChI=1S/C17H14N2O2S.C2H6/c1-22-15-8-4-13(5-9-15)17(20)21-14-6-2-12(3-7-14)16-10-18-11-19-16;1-2/h2-11H,1H3,(H,18,19);1-2H3. The highest BCUT2D eigenvalue weighted by atomic mass is 32.2. The van der Waals surface area contributed by atoms with Crippen molar-refractivity contribution >= 4 is 17.7 Å². The lowest BCUT2D eigenvalue weighted by Crippen LogP contribution is -2.08. The van der Waals surface area contributed by atoms with Crippen LogP contribution in [0.1, 0.15) is 24.2 Å². The third-order valence-electron chi connectivity index (χ3n) is 3.20. The van der Waals surface area contributed by atoms with Gasteiger partial charge in [0.2, 0.25) is 0 Å². The average molecular weight is 340 g/mol. The van der Waals surface area contributed by atoms with Gasteiger partial charge < -0.3 is 9.72 Å². The van der Waals surface area contributed by atoms with Crippen LogP contribution in [-0.4, -0.2) is 22.2 Å². The number of H-pyrrole nitrogens is 1. The quantitative estimate of drug-likeness (QED) is 0.410. The summed E-state index contributed by atoms with van der Waals surface area (Å²) in [6.07, 6.45) is 5.37. The number of rotatable bonds is 4. The van der Waals surface area contributed by atoms with Crippen molar-refractivity contribution in [3.05, 3.63) is 66.6 Å². The van der Waals surface area contributed by atoms with Gasteiger partial charge in [0.05, 0.1) is 23.8 Å². The van der Waals surface area contributed by atoms with E-state index in [-0.39, 0.29) is 5.97 Å². The van der Waals surface area contributed by atoms with Gasteiger partial charge in [-0.15, -0.1) is 11.8 Å². The van der Waals surface area contributed by atoms with E-state index in [1.807, 2.05) is 44.4 Å². The number of nitrogens with zero attached hydrogens (tertiary/aromatic N) is 1. The highest BCUT2D eigenvalue weighted by molar-refractivity contribution is 7.98. The van der Waals surface area contributed by atoms with Crippen molar-refractivity contribution in [1.82, 2.24) is 9.97 Å². The second-order valence-electron chi connectivity index (χ2n) is 4.61. The van der Waals surface area contributed by atoms with Crippen LogP contribution in [-0.2, 0) is 0 Å². The molecule has 3 rings (SSSR count). The molecule has 0 fully saturated rings. The van der Waals surface area contributed by atoms with Gasteiger partial charge in [-0.1, -0.05) is 13.8 Å². The molecule has 0 spiro atoms. The summed E-state index contributed by atoms with van der Waals surface area (Å²) in [6.45, 7) is 4.00. The molecule has 0 aliphatic heterocycles. The first-order chi connectivity index (χ1) is 11.8. The molecule has 0 radical (unpaired) electrons. The number of aromatic nitrogens is 2. The Bertz CT molecular complexity index is 751. The maximum atomic E-state index is 12.1. The summed E-state index contributed by atoms with van der Waals surface area (Å²) in [4.78, 5) is 20.2. The van der Waals surface area contributed by atoms with Gasteiger partial charge in [-0.05, 0) is 60.4 Å². The first kappa shape index (κ1) is 17.8. The topological polar surface area (TPSA) is 55.0 Å². The minimum absolute atomic E-state index is 0.359. The van der Waals surface area contributed by atoms with Gasteiger partial charge in [-0.25, -0.2) is 9.78 Å². The summed E-state index contributed by atoms with van der Waals surface area (Å²) >= 11 is 1.63. The van der Waals surface area contributed by atoms with Crippen molar-refractivity contribution in [3.8, 4) is 17.0 Å². The van der Waals surface area contributed by atoms with Crippen LogP contribution in [0.2, 0.25) is 0 Å². The molecular weight excluding hydrogens is 320 g/mol. The zero-order valence-electron chi connectivity index (χ0n) is 13.9. The van der Waals surface area contributed by atoms with Gasteiger partial charge in [-0.2, -0.15) is 0 Å². The second-order valence-corrected chi connectivity index (χ2v) is 5.49. The predicted molar refractivity (Wildman–Crippen MR) is 98.6 cm³/mol. The first-order valence-electron chi connectivity index (χ1n) is 7.71. The maximum absolute atomic E-state index is 12.1. The number of esters is 1. The van der Waals surface area contributed by atoms with Crippen molar-refractivity contribution < 1.29 is 9.53 Å². The van der Waals surface area contributed by atoms with Crippen molar-refractivity contribution in [2.45, 2.75) is 18.7 Å². The minimum Gasteiger partial charge on any atom is -0.423 e. The molecule has 1 N–H and O–H groups in total. The van der Waals surface area contributed by atoms with Crippen molar-refractivity contribution in [2.24, 2.45) is 0 Å². The molecule has 1 aromatic heterocycles. The summed E-state index contributed by atoms with van der Waals surface area (Å²) in [6, 6.07) is 14.7. The van der Waals surface area contributed by atoms with Gasteiger partial charge in [-0.3, -0.25) is 0 Å². The van der Waals surface area contributed by atoms with Gasteiger partial charge in [0.25, 0.3) is 0 Å². The molecule has 0 unspecified atom stereocenters. The van der Waals surface area contributed by atoms with E-state index in [4.69, 9.17) is 4.74 Å². The monoisotopic (exact) mass is 340 g/mol. The molecule has 5 heteroatoms. The number of carbonyl (C=O) groups excluding carboxylic acids is 1. The number of carbonyl (C=O) groups is 1. The number of hydrogen-bond acceptors (Lipinski definition) is 4. The number of imidazole rings is 1. The molecule has 24 heavy (non-hydrogen) atoms. The Balaban J connectivity index is 0.00000100. The van der Waals surface area contributed by atoms with Crippen LogP contribution in [0.25, 0.3) is 11.3 Å². The van der Waals surface area contributed by atoms with Crippen LogP contribution in [0.3, 0.4) is 0 Å². The van der Waals surface area contributed by atoms with Gasteiger partial charge >= 0.3 is 5.97 Å². The molecule has 4 nitrogen and oxygen atoms in total. The molecule has 124 valence electrons. The third-order valence-corrected chi connectivity index (χ3v) is 3.94. The SMILES string of the molecule is CC.CSc1ccc(C(=O)Oc2ccc(-c3cnc[nH]3)cc2)cc1.